The van der Waals surface area contributed by atoms with Gasteiger partial charge in [-0.05, 0) is 47.0 Å². The van der Waals surface area contributed by atoms with Crippen LogP contribution in [0.3, 0.4) is 0 Å². The van der Waals surface area contributed by atoms with Crippen molar-refractivity contribution in [1.29, 1.82) is 0 Å². The third-order valence-corrected chi connectivity index (χ3v) is 4.79. The summed E-state index contributed by atoms with van der Waals surface area (Å²) in [4.78, 5) is 4.45. The fraction of sp³-hybridized carbons (Fsp3) is 0.125. The molecule has 128 valence electrons. The van der Waals surface area contributed by atoms with Crippen LogP contribution in [0.25, 0.3) is 22.0 Å². The Labute approximate surface area is 154 Å². The van der Waals surface area contributed by atoms with Crippen LogP contribution in [0.4, 0.5) is 0 Å². The molecule has 1 aromatic heterocycles. The van der Waals surface area contributed by atoms with Crippen LogP contribution in [0.2, 0.25) is 0 Å². The highest BCUT2D eigenvalue weighted by atomic mass is 14.9. The average molecular weight is 338 g/mol. The van der Waals surface area contributed by atoms with E-state index in [1.54, 1.807) is 0 Å². The topological polar surface area (TPSA) is 24.9 Å². The molecule has 0 fully saturated rings. The lowest BCUT2D eigenvalue weighted by Crippen LogP contribution is -2.18. The van der Waals surface area contributed by atoms with Crippen molar-refractivity contribution in [3.05, 3.63) is 102 Å². The van der Waals surface area contributed by atoms with Gasteiger partial charge < -0.3 is 5.32 Å². The number of fused-ring (bicyclic) bond motifs is 1. The largest absolute Gasteiger partial charge is 0.306 e. The summed E-state index contributed by atoms with van der Waals surface area (Å²) in [5, 5.41) is 6.27. The van der Waals surface area contributed by atoms with E-state index in [0.29, 0.717) is 0 Å². The van der Waals surface area contributed by atoms with E-state index in [1.165, 1.54) is 21.9 Å². The fourth-order valence-corrected chi connectivity index (χ4v) is 3.38. The van der Waals surface area contributed by atoms with Gasteiger partial charge >= 0.3 is 0 Å². The second-order valence-corrected chi connectivity index (χ2v) is 6.59. The summed E-state index contributed by atoms with van der Waals surface area (Å²) in [7, 11) is 0. The molecule has 4 rings (SSSR count). The van der Waals surface area contributed by atoms with Crippen molar-refractivity contribution in [2.75, 3.05) is 0 Å². The maximum Gasteiger partial charge on any atom is 0.0702 e. The maximum absolute atomic E-state index is 4.45. The predicted octanol–water partition coefficient (Wildman–Crippen LogP) is 5.75. The van der Waals surface area contributed by atoms with Crippen LogP contribution >= 0.6 is 0 Å². The Kier molecular flexibility index (Phi) is 4.76. The van der Waals surface area contributed by atoms with Gasteiger partial charge in [0.15, 0.2) is 0 Å². The van der Waals surface area contributed by atoms with E-state index in [4.69, 9.17) is 0 Å². The quantitative estimate of drug-likeness (QED) is 0.501. The van der Waals surface area contributed by atoms with Gasteiger partial charge in [0.05, 0.1) is 5.69 Å². The molecule has 26 heavy (non-hydrogen) atoms. The van der Waals surface area contributed by atoms with Gasteiger partial charge in [0.1, 0.15) is 0 Å². The second kappa shape index (κ2) is 7.51. The fourth-order valence-electron chi connectivity index (χ4n) is 3.38. The van der Waals surface area contributed by atoms with Gasteiger partial charge in [-0.1, -0.05) is 66.7 Å². The van der Waals surface area contributed by atoms with Crippen LogP contribution in [0.1, 0.15) is 24.1 Å². The molecule has 1 N–H and O–H groups in total. The summed E-state index contributed by atoms with van der Waals surface area (Å²) < 4.78 is 0. The molecule has 0 aliphatic heterocycles. The standard InChI is InChI=1S/C24H22N2/c1-18(22-13-7-10-20-9-2-3-12-23(20)22)26-17-19-8-6-11-21(16-19)24-14-4-5-15-25-24/h2-16,18,26H,17H2,1H3. The lowest BCUT2D eigenvalue weighted by atomic mass is 9.99. The molecular weight excluding hydrogens is 316 g/mol. The first-order valence-corrected chi connectivity index (χ1v) is 9.03. The maximum atomic E-state index is 4.45. The molecule has 1 heterocycles. The highest BCUT2D eigenvalue weighted by Crippen LogP contribution is 2.24. The third-order valence-electron chi connectivity index (χ3n) is 4.79. The Morgan fingerprint density at radius 2 is 1.65 bits per heavy atom. The lowest BCUT2D eigenvalue weighted by molar-refractivity contribution is 0.578. The molecule has 1 atom stereocenters. The van der Waals surface area contributed by atoms with Crippen molar-refractivity contribution >= 4 is 10.8 Å². The number of pyridine rings is 1. The summed E-state index contributed by atoms with van der Waals surface area (Å²) in [5.74, 6) is 0. The third kappa shape index (κ3) is 3.51. The minimum Gasteiger partial charge on any atom is -0.306 e. The molecule has 0 aliphatic rings. The van der Waals surface area contributed by atoms with E-state index in [1.807, 2.05) is 24.4 Å². The first-order chi connectivity index (χ1) is 12.8. The van der Waals surface area contributed by atoms with Crippen molar-refractivity contribution < 1.29 is 0 Å². The molecule has 0 saturated heterocycles. The molecule has 0 amide bonds. The van der Waals surface area contributed by atoms with Gasteiger partial charge in [-0.15, -0.1) is 0 Å². The van der Waals surface area contributed by atoms with Gasteiger partial charge in [0.25, 0.3) is 0 Å². The molecular formula is C24H22N2. The van der Waals surface area contributed by atoms with E-state index in [0.717, 1.165) is 17.8 Å². The Balaban J connectivity index is 1.52. The number of benzene rings is 3. The van der Waals surface area contributed by atoms with E-state index in [-0.39, 0.29) is 6.04 Å². The zero-order valence-electron chi connectivity index (χ0n) is 14.9. The minimum atomic E-state index is 0.277. The number of aromatic nitrogens is 1. The SMILES string of the molecule is CC(NCc1cccc(-c2ccccn2)c1)c1cccc2ccccc12. The van der Waals surface area contributed by atoms with Gasteiger partial charge in [0.2, 0.25) is 0 Å². The Morgan fingerprint density at radius 3 is 2.54 bits per heavy atom. The molecule has 0 radical (unpaired) electrons. The zero-order chi connectivity index (χ0) is 17.8. The van der Waals surface area contributed by atoms with Crippen LogP contribution in [0, 0.1) is 0 Å². The van der Waals surface area contributed by atoms with Crippen LogP contribution < -0.4 is 5.32 Å². The second-order valence-electron chi connectivity index (χ2n) is 6.59. The number of nitrogens with one attached hydrogen (secondary N) is 1. The van der Waals surface area contributed by atoms with Gasteiger partial charge in [0, 0.05) is 24.3 Å². The van der Waals surface area contributed by atoms with E-state index in [9.17, 15) is 0 Å². The van der Waals surface area contributed by atoms with Crippen molar-refractivity contribution in [3.8, 4) is 11.3 Å². The highest BCUT2D eigenvalue weighted by Gasteiger charge is 2.09. The predicted molar refractivity (Wildman–Crippen MR) is 109 cm³/mol. The normalized spacial score (nSPS) is 12.2. The molecule has 0 saturated carbocycles. The number of nitrogens with zero attached hydrogens (tertiary/aromatic N) is 1. The summed E-state index contributed by atoms with van der Waals surface area (Å²) in [5.41, 5.74) is 4.77. The molecule has 0 spiro atoms. The number of rotatable bonds is 5. The van der Waals surface area contributed by atoms with Gasteiger partial charge in [-0.25, -0.2) is 0 Å². The minimum absolute atomic E-state index is 0.277. The molecule has 4 aromatic rings. The smallest absolute Gasteiger partial charge is 0.0702 e. The van der Waals surface area contributed by atoms with Crippen LogP contribution in [0.15, 0.2) is 91.1 Å². The zero-order valence-corrected chi connectivity index (χ0v) is 14.9. The molecule has 2 nitrogen and oxygen atoms in total. The van der Waals surface area contributed by atoms with Crippen LogP contribution in [-0.4, -0.2) is 4.98 Å². The molecule has 3 aromatic carbocycles. The van der Waals surface area contributed by atoms with Crippen molar-refractivity contribution in [3.63, 3.8) is 0 Å². The lowest BCUT2D eigenvalue weighted by Gasteiger charge is -2.17. The monoisotopic (exact) mass is 338 g/mol. The van der Waals surface area contributed by atoms with Gasteiger partial charge in [-0.2, -0.15) is 0 Å². The van der Waals surface area contributed by atoms with E-state index >= 15 is 0 Å². The van der Waals surface area contributed by atoms with Crippen LogP contribution in [-0.2, 0) is 6.54 Å². The summed E-state index contributed by atoms with van der Waals surface area (Å²) in [6.07, 6.45) is 1.84. The van der Waals surface area contributed by atoms with Crippen molar-refractivity contribution in [2.45, 2.75) is 19.5 Å². The summed E-state index contributed by atoms with van der Waals surface area (Å²) in [6.45, 7) is 3.05. The highest BCUT2D eigenvalue weighted by molar-refractivity contribution is 5.86. The first kappa shape index (κ1) is 16.5. The van der Waals surface area contributed by atoms with Gasteiger partial charge in [-0.3, -0.25) is 4.98 Å². The molecule has 1 unspecified atom stereocenters. The number of hydrogen-bond acceptors (Lipinski definition) is 2. The Morgan fingerprint density at radius 1 is 0.846 bits per heavy atom. The molecule has 0 bridgehead atoms. The summed E-state index contributed by atoms with van der Waals surface area (Å²) in [6, 6.07) is 30.0. The summed E-state index contributed by atoms with van der Waals surface area (Å²) >= 11 is 0. The van der Waals surface area contributed by atoms with E-state index < -0.39 is 0 Å². The molecule has 0 aliphatic carbocycles. The van der Waals surface area contributed by atoms with Crippen molar-refractivity contribution in [1.82, 2.24) is 10.3 Å². The van der Waals surface area contributed by atoms with Crippen LogP contribution in [0.5, 0.6) is 0 Å². The Bertz CT molecular complexity index is 1000. The van der Waals surface area contributed by atoms with E-state index in [2.05, 4.69) is 84.0 Å². The number of hydrogen-bond donors (Lipinski definition) is 1. The molecule has 2 heteroatoms. The first-order valence-electron chi connectivity index (χ1n) is 9.03. The average Bonchev–Trinajstić information content (AvgIpc) is 2.72. The Hall–Kier alpha value is -2.97. The van der Waals surface area contributed by atoms with Crippen molar-refractivity contribution in [2.24, 2.45) is 0 Å².